The minimum atomic E-state index is -0.206. The van der Waals surface area contributed by atoms with E-state index in [2.05, 4.69) is 10.3 Å². The molecule has 0 spiro atoms. The first-order valence-corrected chi connectivity index (χ1v) is 8.69. The number of hydrogen-bond acceptors (Lipinski definition) is 3. The summed E-state index contributed by atoms with van der Waals surface area (Å²) in [4.78, 5) is 30.1. The lowest BCUT2D eigenvalue weighted by atomic mass is 10.1. The number of nitrogens with zero attached hydrogens (tertiary/aromatic N) is 2. The van der Waals surface area contributed by atoms with Gasteiger partial charge >= 0.3 is 0 Å². The highest BCUT2D eigenvalue weighted by atomic mass is 35.5. The molecule has 25 heavy (non-hydrogen) atoms. The van der Waals surface area contributed by atoms with Gasteiger partial charge in [-0.15, -0.1) is 0 Å². The Bertz CT molecular complexity index is 759. The van der Waals surface area contributed by atoms with Gasteiger partial charge in [0.1, 0.15) is 5.15 Å². The van der Waals surface area contributed by atoms with E-state index in [0.29, 0.717) is 34.5 Å². The molecule has 1 aromatic carbocycles. The van der Waals surface area contributed by atoms with Crippen LogP contribution in [0.25, 0.3) is 0 Å². The molecule has 2 rings (SSSR count). The first-order chi connectivity index (χ1) is 11.9. The SMILES string of the molecule is CCN(CC)C(=O)c1ccc(NC(=O)Cc2ccc(Cl)nc2)cc1Cl. The third-order valence-corrected chi connectivity index (χ3v) is 4.22. The highest BCUT2D eigenvalue weighted by Gasteiger charge is 2.16. The molecule has 1 heterocycles. The summed E-state index contributed by atoms with van der Waals surface area (Å²) in [6, 6.07) is 8.25. The van der Waals surface area contributed by atoms with Gasteiger partial charge in [0.25, 0.3) is 5.91 Å². The molecule has 0 aliphatic heterocycles. The molecular formula is C18H19Cl2N3O2. The number of halogens is 2. The maximum atomic E-state index is 12.4. The molecule has 5 nitrogen and oxygen atoms in total. The maximum absolute atomic E-state index is 12.4. The van der Waals surface area contributed by atoms with Crippen LogP contribution in [0.15, 0.2) is 36.5 Å². The number of pyridine rings is 1. The Morgan fingerprint density at radius 2 is 1.84 bits per heavy atom. The standard InChI is InChI=1S/C18H19Cl2N3O2/c1-3-23(4-2)18(25)14-7-6-13(10-15(14)19)22-17(24)9-12-5-8-16(20)21-11-12/h5-8,10-11H,3-4,9H2,1-2H3,(H,22,24). The summed E-state index contributed by atoms with van der Waals surface area (Å²) in [5, 5.41) is 3.45. The molecule has 2 amide bonds. The van der Waals surface area contributed by atoms with Gasteiger partial charge in [-0.2, -0.15) is 0 Å². The van der Waals surface area contributed by atoms with Crippen LogP contribution in [-0.4, -0.2) is 34.8 Å². The van der Waals surface area contributed by atoms with Crippen molar-refractivity contribution in [2.24, 2.45) is 0 Å². The molecule has 0 saturated heterocycles. The first-order valence-electron chi connectivity index (χ1n) is 7.93. The summed E-state index contributed by atoms with van der Waals surface area (Å²) >= 11 is 11.9. The number of nitrogens with one attached hydrogen (secondary N) is 1. The predicted molar refractivity (Wildman–Crippen MR) is 100 cm³/mol. The van der Waals surface area contributed by atoms with Gasteiger partial charge in [0, 0.05) is 25.0 Å². The third-order valence-electron chi connectivity index (χ3n) is 3.69. The van der Waals surface area contributed by atoms with Crippen LogP contribution in [0.4, 0.5) is 5.69 Å². The van der Waals surface area contributed by atoms with Crippen LogP contribution >= 0.6 is 23.2 Å². The summed E-state index contributed by atoms with van der Waals surface area (Å²) in [6.07, 6.45) is 1.72. The molecule has 7 heteroatoms. The lowest BCUT2D eigenvalue weighted by Crippen LogP contribution is -2.30. The second kappa shape index (κ2) is 8.83. The van der Waals surface area contributed by atoms with Crippen LogP contribution in [0.1, 0.15) is 29.8 Å². The van der Waals surface area contributed by atoms with E-state index in [0.717, 1.165) is 5.56 Å². The Hall–Kier alpha value is -2.11. The number of amides is 2. The van der Waals surface area contributed by atoms with Crippen LogP contribution in [0, 0.1) is 0 Å². The zero-order chi connectivity index (χ0) is 18.4. The number of rotatable bonds is 6. The van der Waals surface area contributed by atoms with Crippen molar-refractivity contribution in [2.45, 2.75) is 20.3 Å². The minimum absolute atomic E-state index is 0.125. The smallest absolute Gasteiger partial charge is 0.255 e. The molecule has 0 atom stereocenters. The van der Waals surface area contributed by atoms with Crippen molar-refractivity contribution in [1.29, 1.82) is 0 Å². The topological polar surface area (TPSA) is 62.3 Å². The molecular weight excluding hydrogens is 361 g/mol. The number of anilines is 1. The Balaban J connectivity index is 2.06. The van der Waals surface area contributed by atoms with Crippen molar-refractivity contribution in [3.8, 4) is 0 Å². The molecule has 0 aliphatic carbocycles. The fourth-order valence-electron chi connectivity index (χ4n) is 2.35. The first kappa shape index (κ1) is 19.2. The summed E-state index contributed by atoms with van der Waals surface area (Å²) in [7, 11) is 0. The number of benzene rings is 1. The van der Waals surface area contributed by atoms with Gasteiger partial charge in [0.05, 0.1) is 17.0 Å². The summed E-state index contributed by atoms with van der Waals surface area (Å²) < 4.78 is 0. The fourth-order valence-corrected chi connectivity index (χ4v) is 2.72. The minimum Gasteiger partial charge on any atom is -0.339 e. The maximum Gasteiger partial charge on any atom is 0.255 e. The van der Waals surface area contributed by atoms with Gasteiger partial charge < -0.3 is 10.2 Å². The number of aromatic nitrogens is 1. The lowest BCUT2D eigenvalue weighted by Gasteiger charge is -2.19. The van der Waals surface area contributed by atoms with Crippen LogP contribution in [-0.2, 0) is 11.2 Å². The van der Waals surface area contributed by atoms with Crippen molar-refractivity contribution in [3.05, 3.63) is 57.8 Å². The lowest BCUT2D eigenvalue weighted by molar-refractivity contribution is -0.115. The molecule has 0 fully saturated rings. The second-order valence-corrected chi connectivity index (χ2v) is 6.18. The van der Waals surface area contributed by atoms with Gasteiger partial charge in [0.15, 0.2) is 0 Å². The van der Waals surface area contributed by atoms with Crippen molar-refractivity contribution in [3.63, 3.8) is 0 Å². The molecule has 1 N–H and O–H groups in total. The van der Waals surface area contributed by atoms with E-state index in [1.165, 1.54) is 0 Å². The predicted octanol–water partition coefficient (Wildman–Crippen LogP) is 4.05. The largest absolute Gasteiger partial charge is 0.339 e. The molecule has 0 saturated carbocycles. The van der Waals surface area contributed by atoms with Crippen LogP contribution in [0.3, 0.4) is 0 Å². The van der Waals surface area contributed by atoms with E-state index in [-0.39, 0.29) is 18.2 Å². The normalized spacial score (nSPS) is 10.4. The molecule has 0 unspecified atom stereocenters. The Morgan fingerprint density at radius 3 is 2.40 bits per heavy atom. The van der Waals surface area contributed by atoms with E-state index in [1.54, 1.807) is 41.4 Å². The van der Waals surface area contributed by atoms with Gasteiger partial charge in [-0.05, 0) is 43.7 Å². The summed E-state index contributed by atoms with van der Waals surface area (Å²) in [6.45, 7) is 5.05. The van der Waals surface area contributed by atoms with Crippen LogP contribution in [0.5, 0.6) is 0 Å². The van der Waals surface area contributed by atoms with Crippen molar-refractivity contribution in [2.75, 3.05) is 18.4 Å². The van der Waals surface area contributed by atoms with Gasteiger partial charge in [-0.3, -0.25) is 9.59 Å². The zero-order valence-electron chi connectivity index (χ0n) is 14.1. The molecule has 132 valence electrons. The van der Waals surface area contributed by atoms with E-state index < -0.39 is 0 Å². The van der Waals surface area contributed by atoms with Gasteiger partial charge in [0.2, 0.25) is 5.91 Å². The molecule has 2 aromatic rings. The van der Waals surface area contributed by atoms with Gasteiger partial charge in [-0.1, -0.05) is 29.3 Å². The summed E-state index contributed by atoms with van der Waals surface area (Å²) in [5.41, 5.74) is 1.71. The Labute approximate surface area is 157 Å². The summed E-state index contributed by atoms with van der Waals surface area (Å²) in [5.74, 6) is -0.330. The highest BCUT2D eigenvalue weighted by molar-refractivity contribution is 6.34. The van der Waals surface area contributed by atoms with Crippen LogP contribution in [0.2, 0.25) is 10.2 Å². The molecule has 0 bridgehead atoms. The third kappa shape index (κ3) is 5.18. The van der Waals surface area contributed by atoms with E-state index in [1.807, 2.05) is 13.8 Å². The number of hydrogen-bond donors (Lipinski definition) is 1. The average Bonchev–Trinajstić information content (AvgIpc) is 2.58. The Morgan fingerprint density at radius 1 is 1.12 bits per heavy atom. The van der Waals surface area contributed by atoms with Crippen molar-refractivity contribution >= 4 is 40.7 Å². The van der Waals surface area contributed by atoms with E-state index >= 15 is 0 Å². The van der Waals surface area contributed by atoms with Crippen molar-refractivity contribution < 1.29 is 9.59 Å². The molecule has 0 radical (unpaired) electrons. The van der Waals surface area contributed by atoms with Crippen molar-refractivity contribution in [1.82, 2.24) is 9.88 Å². The number of carbonyl (C=O) groups is 2. The van der Waals surface area contributed by atoms with E-state index in [4.69, 9.17) is 23.2 Å². The molecule has 1 aromatic heterocycles. The zero-order valence-corrected chi connectivity index (χ0v) is 15.6. The van der Waals surface area contributed by atoms with Gasteiger partial charge in [-0.25, -0.2) is 4.98 Å². The number of carbonyl (C=O) groups excluding carboxylic acids is 2. The second-order valence-electron chi connectivity index (χ2n) is 5.39. The van der Waals surface area contributed by atoms with E-state index in [9.17, 15) is 9.59 Å². The fraction of sp³-hybridized carbons (Fsp3) is 0.278. The highest BCUT2D eigenvalue weighted by Crippen LogP contribution is 2.22. The quantitative estimate of drug-likeness (QED) is 0.769. The van der Waals surface area contributed by atoms with Crippen LogP contribution < -0.4 is 5.32 Å². The monoisotopic (exact) mass is 379 g/mol. The average molecular weight is 380 g/mol. The molecule has 0 aliphatic rings. The Kier molecular flexibility index (Phi) is 6.79.